The van der Waals surface area contributed by atoms with Crippen molar-refractivity contribution in [3.05, 3.63) is 47.0 Å². The number of carboxylic acids is 1. The Morgan fingerprint density at radius 1 is 1.27 bits per heavy atom. The van der Waals surface area contributed by atoms with Crippen LogP contribution in [0, 0.1) is 6.92 Å². The molecule has 1 amide bonds. The molecule has 0 bridgehead atoms. The molecule has 7 nitrogen and oxygen atoms in total. The largest absolute Gasteiger partial charge is 0.480 e. The Bertz CT molecular complexity index is 813. The third kappa shape index (κ3) is 3.47. The predicted molar refractivity (Wildman–Crippen MR) is 95.6 cm³/mol. The Balaban J connectivity index is 1.75. The van der Waals surface area contributed by atoms with E-state index in [1.165, 1.54) is 10.5 Å². The Hall–Kier alpha value is -2.70. The molecule has 1 N–H and O–H groups in total. The van der Waals surface area contributed by atoms with Gasteiger partial charge in [0.1, 0.15) is 11.9 Å². The monoisotopic (exact) mass is 356 g/mol. The van der Waals surface area contributed by atoms with Crippen LogP contribution < -0.4 is 0 Å². The summed E-state index contributed by atoms with van der Waals surface area (Å²) in [5.41, 5.74) is 2.34. The van der Waals surface area contributed by atoms with Gasteiger partial charge < -0.3 is 14.6 Å². The second-order valence-corrected chi connectivity index (χ2v) is 6.85. The Morgan fingerprint density at radius 2 is 1.96 bits per heavy atom. The zero-order valence-electron chi connectivity index (χ0n) is 15.3. The molecule has 2 unspecified atom stereocenters. The second-order valence-electron chi connectivity index (χ2n) is 6.85. The van der Waals surface area contributed by atoms with Gasteiger partial charge in [-0.05, 0) is 30.4 Å². The van der Waals surface area contributed by atoms with E-state index in [1.807, 2.05) is 19.1 Å². The van der Waals surface area contributed by atoms with Crippen LogP contribution in [-0.2, 0) is 29.1 Å². The van der Waals surface area contributed by atoms with Gasteiger partial charge in [0, 0.05) is 6.42 Å². The summed E-state index contributed by atoms with van der Waals surface area (Å²) in [6.45, 7) is 6.25. The van der Waals surface area contributed by atoms with Crippen LogP contribution in [-0.4, -0.2) is 42.7 Å². The fraction of sp³-hybridized carbons (Fsp3) is 0.474. The number of aliphatic carboxylic acids is 1. The summed E-state index contributed by atoms with van der Waals surface area (Å²) in [6, 6.07) is 7.34. The number of benzene rings is 1. The van der Waals surface area contributed by atoms with Gasteiger partial charge in [-0.15, -0.1) is 10.2 Å². The maximum absolute atomic E-state index is 12.8. The van der Waals surface area contributed by atoms with Crippen molar-refractivity contribution in [1.29, 1.82) is 0 Å². The van der Waals surface area contributed by atoms with Crippen LogP contribution in [0.5, 0.6) is 0 Å². The van der Waals surface area contributed by atoms with Crippen LogP contribution in [0.25, 0.3) is 0 Å². The molecule has 7 heteroatoms. The number of aryl methyl sites for hydroxylation is 2. The zero-order chi connectivity index (χ0) is 18.8. The quantitative estimate of drug-likeness (QED) is 0.887. The van der Waals surface area contributed by atoms with Crippen LogP contribution in [0.2, 0.25) is 0 Å². The molecule has 0 aliphatic carbocycles. The minimum Gasteiger partial charge on any atom is -0.480 e. The lowest BCUT2D eigenvalue weighted by Gasteiger charge is -2.34. The molecule has 0 saturated heterocycles. The molecule has 1 aliphatic heterocycles. The van der Waals surface area contributed by atoms with E-state index >= 15 is 0 Å². The summed E-state index contributed by atoms with van der Waals surface area (Å²) in [5, 5.41) is 17.6. The number of carboxylic acid groups (broad SMARTS) is 1. The summed E-state index contributed by atoms with van der Waals surface area (Å²) in [4.78, 5) is 26.0. The van der Waals surface area contributed by atoms with Crippen molar-refractivity contribution in [2.24, 2.45) is 0 Å². The molecule has 1 aromatic carbocycles. The molecular formula is C19H24N4O3. The number of hydrogen-bond donors (Lipinski definition) is 1. The first-order valence-electron chi connectivity index (χ1n) is 8.90. The highest BCUT2D eigenvalue weighted by Crippen LogP contribution is 2.24. The molecule has 26 heavy (non-hydrogen) atoms. The number of carbonyl (C=O) groups is 2. The normalized spacial score (nSPS) is 17.7. The van der Waals surface area contributed by atoms with E-state index in [-0.39, 0.29) is 31.3 Å². The minimum atomic E-state index is -1.00. The van der Waals surface area contributed by atoms with Crippen molar-refractivity contribution in [2.45, 2.75) is 58.7 Å². The van der Waals surface area contributed by atoms with Crippen molar-refractivity contribution in [3.63, 3.8) is 0 Å². The molecule has 1 aliphatic rings. The molecule has 0 radical (unpaired) electrons. The molecule has 0 spiro atoms. The SMILES string of the molecule is CCc1ccc(C(C)CC(=O)N2Cc3nnc(C)n3CC2C(=O)O)cc1. The van der Waals surface area contributed by atoms with Crippen LogP contribution in [0.1, 0.15) is 49.0 Å². The molecule has 2 atom stereocenters. The lowest BCUT2D eigenvalue weighted by molar-refractivity contribution is -0.153. The van der Waals surface area contributed by atoms with Gasteiger partial charge in [0.25, 0.3) is 0 Å². The average Bonchev–Trinajstić information content (AvgIpc) is 3.00. The summed E-state index contributed by atoms with van der Waals surface area (Å²) in [6.07, 6.45) is 1.24. The lowest BCUT2D eigenvalue weighted by atomic mass is 9.95. The molecule has 138 valence electrons. The van der Waals surface area contributed by atoms with Gasteiger partial charge in [-0.3, -0.25) is 4.79 Å². The number of aromatic nitrogens is 3. The van der Waals surface area contributed by atoms with Gasteiger partial charge in [0.15, 0.2) is 5.82 Å². The smallest absolute Gasteiger partial charge is 0.328 e. The summed E-state index contributed by atoms with van der Waals surface area (Å²) in [7, 11) is 0. The molecule has 3 rings (SSSR count). The van der Waals surface area contributed by atoms with Crippen molar-refractivity contribution in [1.82, 2.24) is 19.7 Å². The lowest BCUT2D eigenvalue weighted by Crippen LogP contribution is -2.51. The number of hydrogen-bond acceptors (Lipinski definition) is 4. The maximum atomic E-state index is 12.8. The average molecular weight is 356 g/mol. The molecule has 2 aromatic rings. The summed E-state index contributed by atoms with van der Waals surface area (Å²) in [5.74, 6) is 0.147. The first kappa shape index (κ1) is 18.1. The first-order valence-corrected chi connectivity index (χ1v) is 8.90. The van der Waals surface area contributed by atoms with Crippen LogP contribution in [0.3, 0.4) is 0 Å². The number of rotatable bonds is 5. The highest BCUT2D eigenvalue weighted by atomic mass is 16.4. The second kappa shape index (κ2) is 7.27. The predicted octanol–water partition coefficient (Wildman–Crippen LogP) is 2.14. The van der Waals surface area contributed by atoms with Gasteiger partial charge in [0.2, 0.25) is 5.91 Å². The van der Waals surface area contributed by atoms with Gasteiger partial charge in [-0.25, -0.2) is 4.79 Å². The highest BCUT2D eigenvalue weighted by molar-refractivity contribution is 5.84. The van der Waals surface area contributed by atoms with E-state index in [2.05, 4.69) is 29.3 Å². The number of fused-ring (bicyclic) bond motifs is 1. The van der Waals surface area contributed by atoms with E-state index in [4.69, 9.17) is 0 Å². The van der Waals surface area contributed by atoms with Crippen molar-refractivity contribution < 1.29 is 14.7 Å². The van der Waals surface area contributed by atoms with Crippen molar-refractivity contribution >= 4 is 11.9 Å². The Morgan fingerprint density at radius 3 is 2.58 bits per heavy atom. The number of nitrogens with zero attached hydrogens (tertiary/aromatic N) is 4. The number of carbonyl (C=O) groups excluding carboxylic acids is 1. The summed E-state index contributed by atoms with van der Waals surface area (Å²) >= 11 is 0. The standard InChI is InChI=1S/C19H24N4O3/c1-4-14-5-7-15(8-6-14)12(2)9-18(24)23-11-17-21-20-13(3)22(17)10-16(23)19(25)26/h5-8,12,16H,4,9-11H2,1-3H3,(H,25,26). The maximum Gasteiger partial charge on any atom is 0.328 e. The van der Waals surface area contributed by atoms with E-state index in [0.29, 0.717) is 11.6 Å². The van der Waals surface area contributed by atoms with E-state index in [9.17, 15) is 14.7 Å². The van der Waals surface area contributed by atoms with Crippen molar-refractivity contribution in [2.75, 3.05) is 0 Å². The van der Waals surface area contributed by atoms with Crippen LogP contribution >= 0.6 is 0 Å². The van der Waals surface area contributed by atoms with Crippen molar-refractivity contribution in [3.8, 4) is 0 Å². The number of amides is 1. The fourth-order valence-electron chi connectivity index (χ4n) is 3.37. The fourth-order valence-corrected chi connectivity index (χ4v) is 3.37. The third-order valence-electron chi connectivity index (χ3n) is 5.10. The Labute approximate surface area is 152 Å². The molecule has 0 saturated carbocycles. The Kier molecular flexibility index (Phi) is 5.06. The molecule has 0 fully saturated rings. The van der Waals surface area contributed by atoms with Crippen LogP contribution in [0.4, 0.5) is 0 Å². The van der Waals surface area contributed by atoms with Crippen LogP contribution in [0.15, 0.2) is 24.3 Å². The van der Waals surface area contributed by atoms with E-state index in [1.54, 1.807) is 11.5 Å². The topological polar surface area (TPSA) is 88.3 Å². The minimum absolute atomic E-state index is 0.0179. The molecular weight excluding hydrogens is 332 g/mol. The zero-order valence-corrected chi connectivity index (χ0v) is 15.3. The van der Waals surface area contributed by atoms with Gasteiger partial charge in [-0.1, -0.05) is 38.1 Å². The summed E-state index contributed by atoms with van der Waals surface area (Å²) < 4.78 is 1.77. The van der Waals surface area contributed by atoms with Gasteiger partial charge in [0.05, 0.1) is 13.1 Å². The van der Waals surface area contributed by atoms with Gasteiger partial charge >= 0.3 is 5.97 Å². The first-order chi connectivity index (χ1) is 12.4. The van der Waals surface area contributed by atoms with E-state index in [0.717, 1.165) is 12.0 Å². The third-order valence-corrected chi connectivity index (χ3v) is 5.10. The highest BCUT2D eigenvalue weighted by Gasteiger charge is 2.36. The molecule has 1 aromatic heterocycles. The van der Waals surface area contributed by atoms with E-state index < -0.39 is 12.0 Å². The van der Waals surface area contributed by atoms with Gasteiger partial charge in [-0.2, -0.15) is 0 Å². The molecule has 2 heterocycles.